The molecule has 0 aliphatic carbocycles. The first-order valence-electron chi connectivity index (χ1n) is 18.5. The van der Waals surface area contributed by atoms with Crippen molar-refractivity contribution in [1.29, 1.82) is 0 Å². The number of unbranched alkanes of at least 4 members (excludes halogenated alkanes) is 1. The molecule has 0 bridgehead atoms. The van der Waals surface area contributed by atoms with Crippen LogP contribution in [0.2, 0.25) is 0 Å². The molecule has 4 nitrogen and oxygen atoms in total. The molecule has 51 heavy (non-hydrogen) atoms. The summed E-state index contributed by atoms with van der Waals surface area (Å²) < 4.78 is 30.4. The molecule has 2 aromatic heterocycles. The molecule has 4 heterocycles. The lowest BCUT2D eigenvalue weighted by molar-refractivity contribution is -0.124. The predicted molar refractivity (Wildman–Crippen MR) is 208 cm³/mol. The third kappa shape index (κ3) is 7.27. The fourth-order valence-corrected chi connectivity index (χ4v) is 9.57. The van der Waals surface area contributed by atoms with Gasteiger partial charge in [0.2, 0.25) is 0 Å². The molecule has 0 N–H and O–H groups in total. The van der Waals surface area contributed by atoms with Crippen molar-refractivity contribution in [2.45, 2.75) is 86.5 Å². The number of thiophene rings is 2. The molecule has 0 saturated carbocycles. The maximum atomic E-state index is 15.2. The van der Waals surface area contributed by atoms with E-state index in [0.29, 0.717) is 46.8 Å². The summed E-state index contributed by atoms with van der Waals surface area (Å²) in [5, 5.41) is 0. The van der Waals surface area contributed by atoms with Crippen molar-refractivity contribution in [1.82, 2.24) is 9.80 Å². The molecule has 4 aromatic rings. The predicted octanol–water partition coefficient (Wildman–Crippen LogP) is 11.9. The molecule has 2 atom stereocenters. The fourth-order valence-electron chi connectivity index (χ4n) is 7.38. The molecule has 8 heteroatoms. The molecule has 2 aliphatic heterocycles. The van der Waals surface area contributed by atoms with Crippen molar-refractivity contribution in [3.05, 3.63) is 104 Å². The molecular weight excluding hydrogens is 679 g/mol. The number of rotatable bonds is 15. The summed E-state index contributed by atoms with van der Waals surface area (Å²) in [6.07, 6.45) is 6.89. The van der Waals surface area contributed by atoms with Gasteiger partial charge in [-0.3, -0.25) is 9.59 Å². The lowest BCUT2D eigenvalue weighted by Crippen LogP contribution is -2.34. The Morgan fingerprint density at radius 2 is 1.02 bits per heavy atom. The van der Waals surface area contributed by atoms with E-state index in [4.69, 9.17) is 0 Å². The van der Waals surface area contributed by atoms with E-state index < -0.39 is 0 Å². The summed E-state index contributed by atoms with van der Waals surface area (Å²) in [7, 11) is 0. The second-order valence-electron chi connectivity index (χ2n) is 14.1. The summed E-state index contributed by atoms with van der Waals surface area (Å²) in [4.78, 5) is 36.5. The number of carbonyl (C=O) groups excluding carboxylic acids is 2. The second kappa shape index (κ2) is 15.8. The zero-order valence-corrected chi connectivity index (χ0v) is 32.2. The average molecular weight is 727 g/mol. The van der Waals surface area contributed by atoms with E-state index in [1.807, 2.05) is 60.0 Å². The summed E-state index contributed by atoms with van der Waals surface area (Å²) in [6.45, 7) is 13.4. The van der Waals surface area contributed by atoms with Crippen LogP contribution < -0.4 is 0 Å². The average Bonchev–Trinajstić information content (AvgIpc) is 3.89. The van der Waals surface area contributed by atoms with Gasteiger partial charge in [-0.1, -0.05) is 84.1 Å². The molecule has 0 radical (unpaired) electrons. The summed E-state index contributed by atoms with van der Waals surface area (Å²) in [5.74, 6) is -0.408. The van der Waals surface area contributed by atoms with Crippen molar-refractivity contribution in [3.8, 4) is 20.9 Å². The standard InChI is InChI=1S/C43H48F2N2O2S2/c1-7-11-13-29(10-4)25-47-41(37-21-19-35(51-37)31-17-15-27(6)23-33(31)45)39-38(43(47)49)40(46(42(39)48)24-28(9-3)12-8-2)36-20-18-34(50-36)30-16-14-26(5)22-32(30)44/h14-23,28-29H,7-13,24-25H2,1-6H3. The maximum absolute atomic E-state index is 15.2. The Bertz CT molecular complexity index is 2000. The van der Waals surface area contributed by atoms with E-state index >= 15 is 8.78 Å². The molecule has 2 amide bonds. The number of hydrogen-bond donors (Lipinski definition) is 0. The fraction of sp³-hybridized carbons (Fsp3) is 0.395. The van der Waals surface area contributed by atoms with Gasteiger partial charge < -0.3 is 9.80 Å². The Kier molecular flexibility index (Phi) is 11.4. The van der Waals surface area contributed by atoms with E-state index in [2.05, 4.69) is 27.7 Å². The van der Waals surface area contributed by atoms with Crippen LogP contribution in [0, 0.1) is 37.3 Å². The van der Waals surface area contributed by atoms with Crippen LogP contribution in [0.1, 0.15) is 93.5 Å². The van der Waals surface area contributed by atoms with E-state index in [1.165, 1.54) is 34.8 Å². The zero-order valence-electron chi connectivity index (χ0n) is 30.6. The summed E-state index contributed by atoms with van der Waals surface area (Å²) in [6, 6.07) is 18.1. The van der Waals surface area contributed by atoms with Crippen LogP contribution in [0.3, 0.4) is 0 Å². The number of aryl methyl sites for hydroxylation is 2. The van der Waals surface area contributed by atoms with Crippen molar-refractivity contribution in [3.63, 3.8) is 0 Å². The highest BCUT2D eigenvalue weighted by Gasteiger charge is 2.50. The number of benzene rings is 2. The van der Waals surface area contributed by atoms with Crippen LogP contribution in [-0.4, -0.2) is 34.7 Å². The number of fused-ring (bicyclic) bond motifs is 1. The number of carbonyl (C=O) groups is 2. The topological polar surface area (TPSA) is 40.6 Å². The van der Waals surface area contributed by atoms with Crippen LogP contribution in [0.25, 0.3) is 32.3 Å². The van der Waals surface area contributed by atoms with Gasteiger partial charge in [0.15, 0.2) is 0 Å². The van der Waals surface area contributed by atoms with Crippen LogP contribution in [-0.2, 0) is 9.59 Å². The van der Waals surface area contributed by atoms with E-state index in [1.54, 1.807) is 12.1 Å². The summed E-state index contributed by atoms with van der Waals surface area (Å²) >= 11 is 2.83. The Labute approximate surface area is 309 Å². The minimum absolute atomic E-state index is 0.169. The van der Waals surface area contributed by atoms with Gasteiger partial charge in [0, 0.05) is 34.0 Å². The van der Waals surface area contributed by atoms with Gasteiger partial charge in [0.05, 0.1) is 32.3 Å². The molecule has 268 valence electrons. The minimum atomic E-state index is -0.295. The van der Waals surface area contributed by atoms with Gasteiger partial charge in [0.1, 0.15) is 11.6 Å². The monoisotopic (exact) mass is 726 g/mol. The smallest absolute Gasteiger partial charge is 0.261 e. The molecule has 6 rings (SSSR count). The Morgan fingerprint density at radius 3 is 1.41 bits per heavy atom. The Balaban J connectivity index is 1.54. The number of amides is 2. The molecule has 2 aromatic carbocycles. The van der Waals surface area contributed by atoms with Crippen LogP contribution in [0.15, 0.2) is 71.8 Å². The first-order valence-corrected chi connectivity index (χ1v) is 20.1. The largest absolute Gasteiger partial charge is 0.306 e. The first kappa shape index (κ1) is 36.9. The molecule has 0 spiro atoms. The third-order valence-corrected chi connectivity index (χ3v) is 12.6. The molecule has 2 aliphatic rings. The van der Waals surface area contributed by atoms with Gasteiger partial charge in [-0.15, -0.1) is 22.7 Å². The van der Waals surface area contributed by atoms with Crippen molar-refractivity contribution in [2.75, 3.05) is 13.1 Å². The van der Waals surface area contributed by atoms with Gasteiger partial charge in [-0.05, 0) is 86.1 Å². The van der Waals surface area contributed by atoms with Gasteiger partial charge in [0.25, 0.3) is 11.8 Å². The van der Waals surface area contributed by atoms with Crippen molar-refractivity contribution < 1.29 is 18.4 Å². The zero-order chi connectivity index (χ0) is 36.4. The van der Waals surface area contributed by atoms with Gasteiger partial charge in [-0.25, -0.2) is 8.78 Å². The highest BCUT2D eigenvalue weighted by Crippen LogP contribution is 2.50. The van der Waals surface area contributed by atoms with Crippen LogP contribution in [0.4, 0.5) is 8.78 Å². The van der Waals surface area contributed by atoms with E-state index in [9.17, 15) is 9.59 Å². The van der Waals surface area contributed by atoms with Gasteiger partial charge >= 0.3 is 0 Å². The number of nitrogens with zero attached hydrogens (tertiary/aromatic N) is 2. The third-order valence-electron chi connectivity index (χ3n) is 10.3. The Hall–Kier alpha value is -3.88. The Morgan fingerprint density at radius 1 is 0.588 bits per heavy atom. The summed E-state index contributed by atoms with van der Waals surface area (Å²) in [5.41, 5.74) is 4.81. The normalized spacial score (nSPS) is 15.8. The number of halogens is 2. The van der Waals surface area contributed by atoms with E-state index in [0.717, 1.165) is 75.6 Å². The maximum Gasteiger partial charge on any atom is 0.261 e. The van der Waals surface area contributed by atoms with Crippen molar-refractivity contribution in [2.24, 2.45) is 11.8 Å². The number of hydrogen-bond acceptors (Lipinski definition) is 4. The molecule has 0 fully saturated rings. The first-order chi connectivity index (χ1) is 24.6. The van der Waals surface area contributed by atoms with Crippen LogP contribution >= 0.6 is 22.7 Å². The SMILES string of the molecule is CCCCC(CC)CN1C(=O)C2=C(c3ccc(-c4ccc(C)cc4F)s3)N(CC(CC)CCC)C(=O)C2=C1c1ccc(-c2ccc(C)cc2F)s1. The lowest BCUT2D eigenvalue weighted by atomic mass is 9.98. The molecule has 2 unspecified atom stereocenters. The minimum Gasteiger partial charge on any atom is -0.306 e. The highest BCUT2D eigenvalue weighted by molar-refractivity contribution is 7.17. The quantitative estimate of drug-likeness (QED) is 0.122. The molecule has 0 saturated heterocycles. The second-order valence-corrected chi connectivity index (χ2v) is 16.2. The highest BCUT2D eigenvalue weighted by atomic mass is 32.1. The van der Waals surface area contributed by atoms with Gasteiger partial charge in [-0.2, -0.15) is 0 Å². The van der Waals surface area contributed by atoms with Crippen LogP contribution in [0.5, 0.6) is 0 Å². The molecular formula is C43H48F2N2O2S2. The van der Waals surface area contributed by atoms with Crippen molar-refractivity contribution >= 4 is 45.9 Å². The lowest BCUT2D eigenvalue weighted by Gasteiger charge is -2.29. The van der Waals surface area contributed by atoms with E-state index in [-0.39, 0.29) is 35.3 Å².